The highest BCUT2D eigenvalue weighted by atomic mass is 16.2. The summed E-state index contributed by atoms with van der Waals surface area (Å²) < 4.78 is 1.84. The molecular weight excluding hydrogens is 266 g/mol. The van der Waals surface area contributed by atoms with Crippen molar-refractivity contribution in [2.24, 2.45) is 18.2 Å². The largest absolute Gasteiger partial charge is 0.325 e. The van der Waals surface area contributed by atoms with Crippen LogP contribution in [-0.2, 0) is 11.8 Å². The van der Waals surface area contributed by atoms with Crippen LogP contribution in [0, 0.1) is 5.41 Å². The molecule has 1 atom stereocenters. The first-order valence-electron chi connectivity index (χ1n) is 6.80. The molecule has 0 spiro atoms. The molecule has 1 aromatic carbocycles. The van der Waals surface area contributed by atoms with Crippen molar-refractivity contribution in [3.63, 3.8) is 0 Å². The van der Waals surface area contributed by atoms with Crippen molar-refractivity contribution in [1.29, 1.82) is 0 Å². The Hall–Kier alpha value is -2.21. The van der Waals surface area contributed by atoms with Crippen molar-refractivity contribution in [3.8, 4) is 11.4 Å². The number of carbonyl (C=O) groups excluding carboxylic acids is 1. The summed E-state index contributed by atoms with van der Waals surface area (Å²) in [6.07, 6.45) is 1.65. The van der Waals surface area contributed by atoms with E-state index in [0.29, 0.717) is 5.69 Å². The summed E-state index contributed by atoms with van der Waals surface area (Å²) >= 11 is 0. The topological polar surface area (TPSA) is 85.8 Å². The van der Waals surface area contributed by atoms with E-state index < -0.39 is 6.04 Å². The highest BCUT2D eigenvalue weighted by molar-refractivity contribution is 5.95. The van der Waals surface area contributed by atoms with Crippen molar-refractivity contribution in [2.45, 2.75) is 26.8 Å². The van der Waals surface area contributed by atoms with E-state index in [0.717, 1.165) is 11.4 Å². The van der Waals surface area contributed by atoms with E-state index in [1.165, 1.54) is 0 Å². The molecule has 0 fully saturated rings. The van der Waals surface area contributed by atoms with Gasteiger partial charge in [-0.05, 0) is 29.7 Å². The van der Waals surface area contributed by atoms with Crippen molar-refractivity contribution in [1.82, 2.24) is 14.8 Å². The molecule has 1 unspecified atom stereocenters. The Kier molecular flexibility index (Phi) is 4.09. The highest BCUT2D eigenvalue weighted by Crippen LogP contribution is 2.21. The van der Waals surface area contributed by atoms with Gasteiger partial charge in [0.15, 0.2) is 5.82 Å². The number of nitrogens with two attached hydrogens (primary N) is 1. The zero-order chi connectivity index (χ0) is 15.6. The van der Waals surface area contributed by atoms with Gasteiger partial charge in [0.1, 0.15) is 6.33 Å². The van der Waals surface area contributed by atoms with E-state index in [9.17, 15) is 4.79 Å². The van der Waals surface area contributed by atoms with Gasteiger partial charge in [-0.1, -0.05) is 20.8 Å². The third-order valence-electron chi connectivity index (χ3n) is 3.34. The third kappa shape index (κ3) is 3.46. The fourth-order valence-electron chi connectivity index (χ4n) is 1.86. The molecule has 0 saturated carbocycles. The smallest absolute Gasteiger partial charge is 0.241 e. The number of rotatable bonds is 3. The normalized spacial score (nSPS) is 13.0. The minimum Gasteiger partial charge on any atom is -0.325 e. The average Bonchev–Trinajstić information content (AvgIpc) is 2.84. The molecule has 112 valence electrons. The molecule has 21 heavy (non-hydrogen) atoms. The Balaban J connectivity index is 2.10. The van der Waals surface area contributed by atoms with Crippen molar-refractivity contribution in [3.05, 3.63) is 30.6 Å². The first-order chi connectivity index (χ1) is 9.79. The second-order valence-electron chi connectivity index (χ2n) is 6.18. The number of anilines is 1. The first-order valence-corrected chi connectivity index (χ1v) is 6.80. The molecule has 6 nitrogen and oxygen atoms in total. The molecule has 0 aliphatic rings. The molecule has 0 bridgehead atoms. The van der Waals surface area contributed by atoms with Crippen LogP contribution in [0.3, 0.4) is 0 Å². The van der Waals surface area contributed by atoms with Crippen LogP contribution in [0.2, 0.25) is 0 Å². The maximum Gasteiger partial charge on any atom is 0.241 e. The molecule has 0 saturated heterocycles. The molecule has 1 heterocycles. The van der Waals surface area contributed by atoms with Crippen LogP contribution in [-0.4, -0.2) is 26.7 Å². The van der Waals surface area contributed by atoms with Gasteiger partial charge in [-0.3, -0.25) is 4.79 Å². The highest BCUT2D eigenvalue weighted by Gasteiger charge is 2.27. The third-order valence-corrected chi connectivity index (χ3v) is 3.34. The number of hydrogen-bond donors (Lipinski definition) is 2. The SMILES string of the molecule is Cn1cnnc1-c1ccc(NC(=O)C(N)C(C)(C)C)cc1. The number of nitrogens with zero attached hydrogens (tertiary/aromatic N) is 3. The minimum absolute atomic E-state index is 0.186. The zero-order valence-corrected chi connectivity index (χ0v) is 12.8. The number of carbonyl (C=O) groups is 1. The number of hydrogen-bond acceptors (Lipinski definition) is 4. The van der Waals surface area contributed by atoms with Crippen LogP contribution >= 0.6 is 0 Å². The van der Waals surface area contributed by atoms with Gasteiger partial charge in [0.05, 0.1) is 6.04 Å². The summed E-state index contributed by atoms with van der Waals surface area (Å²) in [4.78, 5) is 12.1. The number of aromatic nitrogens is 3. The van der Waals surface area contributed by atoms with Crippen LogP contribution < -0.4 is 11.1 Å². The van der Waals surface area contributed by atoms with Crippen molar-refractivity contribution >= 4 is 11.6 Å². The van der Waals surface area contributed by atoms with Crippen LogP contribution in [0.25, 0.3) is 11.4 Å². The molecule has 3 N–H and O–H groups in total. The summed E-state index contributed by atoms with van der Waals surface area (Å²) in [7, 11) is 1.88. The predicted molar refractivity (Wildman–Crippen MR) is 82.5 cm³/mol. The number of benzene rings is 1. The lowest BCUT2D eigenvalue weighted by atomic mass is 9.87. The van der Waals surface area contributed by atoms with Gasteiger partial charge in [0.2, 0.25) is 5.91 Å². The monoisotopic (exact) mass is 287 g/mol. The van der Waals surface area contributed by atoms with Gasteiger partial charge in [0.25, 0.3) is 0 Å². The molecule has 0 aliphatic heterocycles. The Labute approximate surface area is 124 Å². The number of amides is 1. The quantitative estimate of drug-likeness (QED) is 0.901. The number of aryl methyl sites for hydroxylation is 1. The van der Waals surface area contributed by atoms with Crippen LogP contribution in [0.1, 0.15) is 20.8 Å². The van der Waals surface area contributed by atoms with Crippen LogP contribution in [0.4, 0.5) is 5.69 Å². The van der Waals surface area contributed by atoms with Crippen LogP contribution in [0.5, 0.6) is 0 Å². The molecule has 0 radical (unpaired) electrons. The van der Waals surface area contributed by atoms with E-state index in [4.69, 9.17) is 5.73 Å². The standard InChI is InChI=1S/C15H21N5O/c1-15(2,3)12(16)14(21)18-11-7-5-10(6-8-11)13-19-17-9-20(13)4/h5-9,12H,16H2,1-4H3,(H,18,21). The Morgan fingerprint density at radius 1 is 1.29 bits per heavy atom. The predicted octanol–water partition coefficient (Wildman–Crippen LogP) is 1.79. The minimum atomic E-state index is -0.559. The van der Waals surface area contributed by atoms with Crippen LogP contribution in [0.15, 0.2) is 30.6 Å². The van der Waals surface area contributed by atoms with E-state index in [1.807, 2.05) is 56.7 Å². The maximum absolute atomic E-state index is 12.1. The molecule has 6 heteroatoms. The lowest BCUT2D eigenvalue weighted by Crippen LogP contribution is -2.45. The second-order valence-corrected chi connectivity index (χ2v) is 6.18. The van der Waals surface area contributed by atoms with E-state index in [2.05, 4.69) is 15.5 Å². The first kappa shape index (κ1) is 15.2. The molecule has 2 aromatic rings. The summed E-state index contributed by atoms with van der Waals surface area (Å²) in [5.74, 6) is 0.591. The van der Waals surface area contributed by atoms with Gasteiger partial charge in [-0.25, -0.2) is 0 Å². The average molecular weight is 287 g/mol. The summed E-state index contributed by atoms with van der Waals surface area (Å²) in [5.41, 5.74) is 7.31. The van der Waals surface area contributed by atoms with E-state index in [-0.39, 0.29) is 11.3 Å². The summed E-state index contributed by atoms with van der Waals surface area (Å²) in [6.45, 7) is 5.82. The fraction of sp³-hybridized carbons (Fsp3) is 0.400. The van der Waals surface area contributed by atoms with Gasteiger partial charge in [0, 0.05) is 18.3 Å². The Bertz CT molecular complexity index is 624. The van der Waals surface area contributed by atoms with Gasteiger partial charge in [-0.15, -0.1) is 10.2 Å². The maximum atomic E-state index is 12.1. The molecule has 0 aliphatic carbocycles. The molecule has 1 aromatic heterocycles. The molecular formula is C15H21N5O. The van der Waals surface area contributed by atoms with Gasteiger partial charge < -0.3 is 15.6 Å². The summed E-state index contributed by atoms with van der Waals surface area (Å²) in [6, 6.07) is 6.88. The van der Waals surface area contributed by atoms with E-state index >= 15 is 0 Å². The molecule has 1 amide bonds. The summed E-state index contributed by atoms with van der Waals surface area (Å²) in [5, 5.41) is 10.7. The Morgan fingerprint density at radius 3 is 2.38 bits per heavy atom. The molecule has 2 rings (SSSR count). The van der Waals surface area contributed by atoms with Gasteiger partial charge in [-0.2, -0.15) is 0 Å². The lowest BCUT2D eigenvalue weighted by molar-refractivity contribution is -0.119. The Morgan fingerprint density at radius 2 is 1.90 bits per heavy atom. The fourth-order valence-corrected chi connectivity index (χ4v) is 1.86. The second kappa shape index (κ2) is 5.65. The zero-order valence-electron chi connectivity index (χ0n) is 12.8. The van der Waals surface area contributed by atoms with Gasteiger partial charge >= 0.3 is 0 Å². The van der Waals surface area contributed by atoms with Crippen molar-refractivity contribution in [2.75, 3.05) is 5.32 Å². The van der Waals surface area contributed by atoms with E-state index in [1.54, 1.807) is 6.33 Å². The number of nitrogens with one attached hydrogen (secondary N) is 1. The van der Waals surface area contributed by atoms with Crippen molar-refractivity contribution < 1.29 is 4.79 Å². The lowest BCUT2D eigenvalue weighted by Gasteiger charge is -2.25.